The first-order valence-corrected chi connectivity index (χ1v) is 30.3. The topological polar surface area (TPSA) is 297 Å². The van der Waals surface area contributed by atoms with E-state index < -0.39 is 35.8 Å². The first kappa shape index (κ1) is 74.8. The summed E-state index contributed by atoms with van der Waals surface area (Å²) < 4.78 is 37.2. The Morgan fingerprint density at radius 2 is 0.768 bits per heavy atom. The van der Waals surface area contributed by atoms with Crippen molar-refractivity contribution in [3.8, 4) is 34.5 Å². The van der Waals surface area contributed by atoms with Gasteiger partial charge in [0.25, 0.3) is 0 Å². The number of hydrogen-bond donors (Lipinski definition) is 4. The van der Waals surface area contributed by atoms with E-state index in [1.807, 2.05) is 64.6 Å². The molecule has 8 aromatic carbocycles. The Hall–Kier alpha value is -10.9. The van der Waals surface area contributed by atoms with Crippen LogP contribution in [0.4, 0.5) is 22.7 Å². The smallest absolute Gasteiger partial charge is 0.343 e. The number of aliphatic hydroxyl groups excluding tert-OH is 2. The summed E-state index contributed by atoms with van der Waals surface area (Å²) in [6, 6.07) is 49.9. The van der Waals surface area contributed by atoms with Crippen LogP contribution in [0.1, 0.15) is 89.4 Å². The summed E-state index contributed by atoms with van der Waals surface area (Å²) in [5, 5.41) is 52.9. The number of ether oxygens (including phenoxy) is 7. The van der Waals surface area contributed by atoms with Crippen molar-refractivity contribution in [1.82, 2.24) is 0 Å². The predicted molar refractivity (Wildman–Crippen MR) is 362 cm³/mol. The summed E-state index contributed by atoms with van der Waals surface area (Å²) in [5.41, 5.74) is 7.38. The molecule has 0 spiro atoms. The SMILES string of the molecule is C=CC(=O)OCCCCOc1ccc(C(=O)Oc2ccc(C(=O)O)cc2)cc1.C=CC(=O)OCCCCOc1ccc(C(=O)Oc2ccc(C(=O)Oc3ccc(N=Nc4ccc(CCO)cc4)cc3C)cc2)cc1.Cc1cc(N=Nc2ccc(CCO)cc2)ccc1O.[B]P. The van der Waals surface area contributed by atoms with E-state index in [2.05, 4.69) is 41.2 Å². The van der Waals surface area contributed by atoms with E-state index in [9.17, 15) is 33.9 Å². The van der Waals surface area contributed by atoms with Crippen LogP contribution in [0, 0.1) is 13.8 Å². The molecule has 1 atom stereocenters. The van der Waals surface area contributed by atoms with Gasteiger partial charge in [-0.15, -0.1) is 0 Å². The van der Waals surface area contributed by atoms with E-state index in [1.165, 1.54) is 48.5 Å². The molecule has 1 unspecified atom stereocenters. The lowest BCUT2D eigenvalue weighted by Gasteiger charge is -2.09. The zero-order valence-corrected chi connectivity index (χ0v) is 53.6. The standard InChI is InChI=1S/C36H34N2O8.C21H20O7.C15H16N2O2.BH2P/c1-3-34(40)44-23-5-4-22-43-31-15-8-27(9-16-31)35(41)45-32-17-10-28(11-18-32)36(42)46-33-19-14-30(24-25(33)2)38-37-29-12-6-26(7-13-29)20-21-39;1-2-19(22)27-14-4-3-13-26-17-9-7-16(8-10-17)21(25)28-18-11-5-15(6-12-18)20(23)24;1-11-10-14(6-7-15(11)19)17-16-13-4-2-12(3-5-13)8-9-18;1-2/h3,6-19,24,39H,1,4-5,20-23H2,2H3;2,5-12H,1,3-4,13-14H2,(H,23,24);2-7,10,18-19H,8-9H2,1H3;2H2. The molecule has 0 saturated carbocycles. The van der Waals surface area contributed by atoms with Gasteiger partial charge in [0.1, 0.15) is 34.5 Å². The third-order valence-corrected chi connectivity index (χ3v) is 13.0. The van der Waals surface area contributed by atoms with Gasteiger partial charge in [-0.2, -0.15) is 29.6 Å². The van der Waals surface area contributed by atoms with Gasteiger partial charge in [0.2, 0.25) is 0 Å². The van der Waals surface area contributed by atoms with Crippen LogP contribution in [-0.4, -0.2) is 103 Å². The molecule has 490 valence electrons. The molecule has 0 heterocycles. The first-order valence-electron chi connectivity index (χ1n) is 29.6. The van der Waals surface area contributed by atoms with E-state index in [0.717, 1.165) is 34.5 Å². The molecule has 0 aliphatic heterocycles. The summed E-state index contributed by atoms with van der Waals surface area (Å²) in [6.45, 7) is 12.0. The van der Waals surface area contributed by atoms with Crippen LogP contribution >= 0.6 is 9.12 Å². The van der Waals surface area contributed by atoms with Crippen molar-refractivity contribution in [2.24, 2.45) is 20.5 Å². The average Bonchev–Trinajstić information content (AvgIpc) is 1.12. The van der Waals surface area contributed by atoms with E-state index in [-0.39, 0.29) is 41.6 Å². The summed E-state index contributed by atoms with van der Waals surface area (Å²) in [5.74, 6) is -1.25. The number of rotatable bonds is 29. The Balaban J connectivity index is 0.000000282. The van der Waals surface area contributed by atoms with Gasteiger partial charge in [-0.25, -0.2) is 28.8 Å². The number of aryl methyl sites for hydroxylation is 2. The molecule has 0 fully saturated rings. The molecule has 23 heteroatoms. The highest BCUT2D eigenvalue weighted by Gasteiger charge is 2.15. The van der Waals surface area contributed by atoms with Gasteiger partial charge in [-0.1, -0.05) is 37.4 Å². The summed E-state index contributed by atoms with van der Waals surface area (Å²) in [7, 11) is 6.33. The fraction of sp³-hybridized carbons (Fsp3) is 0.194. The predicted octanol–water partition coefficient (Wildman–Crippen LogP) is 14.4. The highest BCUT2D eigenvalue weighted by atomic mass is 31.0. The number of hydrogen-bond acceptors (Lipinski definition) is 20. The lowest BCUT2D eigenvalue weighted by Crippen LogP contribution is -2.10. The lowest BCUT2D eigenvalue weighted by molar-refractivity contribution is -0.138. The molecular weight excluding hydrogens is 1230 g/mol. The summed E-state index contributed by atoms with van der Waals surface area (Å²) in [4.78, 5) is 70.2. The van der Waals surface area contributed by atoms with Crippen molar-refractivity contribution in [3.63, 3.8) is 0 Å². The van der Waals surface area contributed by atoms with E-state index in [0.29, 0.717) is 116 Å². The first-order chi connectivity index (χ1) is 46.0. The van der Waals surface area contributed by atoms with Gasteiger partial charge >= 0.3 is 35.8 Å². The fourth-order valence-electron chi connectivity index (χ4n) is 7.90. The molecule has 0 aromatic heterocycles. The van der Waals surface area contributed by atoms with Crippen molar-refractivity contribution in [3.05, 3.63) is 252 Å². The monoisotopic (exact) mass is 1310 g/mol. The van der Waals surface area contributed by atoms with Crippen LogP contribution in [0.25, 0.3) is 0 Å². The minimum absolute atomic E-state index is 0.0915. The molecule has 21 nitrogen and oxygen atoms in total. The normalized spacial score (nSPS) is 10.4. The number of nitrogens with zero attached hydrogens (tertiary/aromatic N) is 4. The second kappa shape index (κ2) is 41.5. The Labute approximate surface area is 554 Å². The van der Waals surface area contributed by atoms with Crippen LogP contribution in [0.15, 0.2) is 228 Å². The number of aromatic carboxylic acids is 1. The number of phenols is 1. The van der Waals surface area contributed by atoms with Gasteiger partial charge in [0, 0.05) is 25.4 Å². The average molecular weight is 1310 g/mol. The molecule has 0 aliphatic rings. The number of azo groups is 2. The molecule has 2 radical (unpaired) electrons. The van der Waals surface area contributed by atoms with Crippen molar-refractivity contribution in [1.29, 1.82) is 0 Å². The quantitative estimate of drug-likeness (QED) is 0.00644. The highest BCUT2D eigenvalue weighted by Crippen LogP contribution is 2.28. The Morgan fingerprint density at radius 1 is 0.432 bits per heavy atom. The summed E-state index contributed by atoms with van der Waals surface area (Å²) >= 11 is 0. The van der Waals surface area contributed by atoms with E-state index in [4.69, 9.17) is 48.5 Å². The third kappa shape index (κ3) is 27.4. The van der Waals surface area contributed by atoms with Crippen LogP contribution in [-0.2, 0) is 31.9 Å². The number of carbonyl (C=O) groups excluding carboxylic acids is 5. The van der Waals surface area contributed by atoms with E-state index in [1.54, 1.807) is 91.9 Å². The van der Waals surface area contributed by atoms with Crippen molar-refractivity contribution in [2.45, 2.75) is 52.4 Å². The number of aromatic hydroxyl groups is 1. The van der Waals surface area contributed by atoms with Gasteiger partial charge in [-0.3, -0.25) is 0 Å². The molecule has 8 aromatic rings. The Kier molecular flexibility index (Phi) is 32.7. The molecule has 0 bridgehead atoms. The van der Waals surface area contributed by atoms with Crippen molar-refractivity contribution < 1.29 is 82.4 Å². The molecule has 95 heavy (non-hydrogen) atoms. The second-order valence-corrected chi connectivity index (χ2v) is 20.0. The maximum Gasteiger partial charge on any atom is 0.343 e. The molecular formula is C72H72BN4O17P. The zero-order chi connectivity index (χ0) is 68.7. The molecule has 0 amide bonds. The van der Waals surface area contributed by atoms with Crippen molar-refractivity contribution >= 4 is 75.2 Å². The maximum absolute atomic E-state index is 12.8. The van der Waals surface area contributed by atoms with Gasteiger partial charge in [0.05, 0.1) is 79.0 Å². The van der Waals surface area contributed by atoms with Crippen LogP contribution in [0.2, 0.25) is 0 Å². The summed E-state index contributed by atoms with van der Waals surface area (Å²) in [6.07, 6.45) is 6.21. The Bertz CT molecular complexity index is 3830. The molecule has 0 aliphatic carbocycles. The van der Waals surface area contributed by atoms with Crippen LogP contribution in [0.5, 0.6) is 34.5 Å². The molecule has 0 saturated heterocycles. The third-order valence-electron chi connectivity index (χ3n) is 13.0. The minimum Gasteiger partial charge on any atom is -0.508 e. The molecule has 4 N–H and O–H groups in total. The molecule has 8 rings (SSSR count). The number of carboxylic acids is 1. The number of phenolic OH excluding ortho intramolecular Hbond substituents is 1. The Morgan fingerprint density at radius 3 is 1.14 bits per heavy atom. The zero-order valence-electron chi connectivity index (χ0n) is 52.4. The number of carbonyl (C=O) groups is 6. The maximum atomic E-state index is 12.8. The number of unbranched alkanes of at least 4 members (excludes halogenated alkanes) is 2. The van der Waals surface area contributed by atoms with Gasteiger partial charge < -0.3 is 53.6 Å². The lowest BCUT2D eigenvalue weighted by atomic mass is 10.1. The largest absolute Gasteiger partial charge is 0.508 e. The van der Waals surface area contributed by atoms with Crippen LogP contribution in [0.3, 0.4) is 0 Å². The van der Waals surface area contributed by atoms with E-state index >= 15 is 0 Å². The number of aliphatic hydroxyl groups is 2. The van der Waals surface area contributed by atoms with Crippen molar-refractivity contribution in [2.75, 3.05) is 39.6 Å². The number of carboxylic acid groups (broad SMARTS) is 1. The second-order valence-electron chi connectivity index (χ2n) is 20.0. The fourth-order valence-corrected chi connectivity index (χ4v) is 7.90. The van der Waals surface area contributed by atoms with Gasteiger partial charge in [-0.05, 0) is 232 Å². The minimum atomic E-state index is -1.05. The van der Waals surface area contributed by atoms with Gasteiger partial charge in [0.15, 0.2) is 0 Å². The highest BCUT2D eigenvalue weighted by molar-refractivity contribution is 7.49. The van der Waals surface area contributed by atoms with Crippen LogP contribution < -0.4 is 23.7 Å². The number of benzene rings is 8. The number of esters is 5.